The first-order valence-corrected chi connectivity index (χ1v) is 8.53. The number of hydrogen-bond donors (Lipinski definition) is 0. The summed E-state index contributed by atoms with van der Waals surface area (Å²) in [7, 11) is -3.52. The third-order valence-electron chi connectivity index (χ3n) is 3.17. The largest absolute Gasteiger partial charge is 0.352 e. The van der Waals surface area contributed by atoms with E-state index in [1.807, 2.05) is 36.4 Å². The summed E-state index contributed by atoms with van der Waals surface area (Å²) < 4.78 is 23.6. The number of benzene rings is 2. The summed E-state index contributed by atoms with van der Waals surface area (Å²) in [6, 6.07) is 15.4. The van der Waals surface area contributed by atoms with E-state index in [-0.39, 0.29) is 13.2 Å². The zero-order valence-corrected chi connectivity index (χ0v) is 13.0. The second kappa shape index (κ2) is 6.87. The highest BCUT2D eigenvalue weighted by atomic mass is 31.2. The van der Waals surface area contributed by atoms with Crippen LogP contribution in [0.2, 0.25) is 0 Å². The Hall–Kier alpha value is -1.66. The van der Waals surface area contributed by atoms with Gasteiger partial charge in [-0.2, -0.15) is 5.26 Å². The number of fused-ring (bicyclic) bond motifs is 1. The lowest BCUT2D eigenvalue weighted by molar-refractivity contribution is 0.216. The molecule has 2 aromatic rings. The lowest BCUT2D eigenvalue weighted by Crippen LogP contribution is -2.05. The molecule has 0 aromatic heterocycles. The molecule has 0 bridgehead atoms. The van der Waals surface area contributed by atoms with Gasteiger partial charge in [-0.15, -0.1) is 0 Å². The summed E-state index contributed by atoms with van der Waals surface area (Å²) in [4.78, 5) is 0. The standard InChI is InChI=1S/C16H18NO3P/c1-3-19-21(18,20-4-2)16(12-17)15-11-7-9-13-8-5-6-10-14(13)15/h5-11,16H,3-4H2,1-2H3. The van der Waals surface area contributed by atoms with Gasteiger partial charge in [-0.25, -0.2) is 0 Å². The Morgan fingerprint density at radius 3 is 2.33 bits per heavy atom. The van der Waals surface area contributed by atoms with Gasteiger partial charge >= 0.3 is 7.60 Å². The molecule has 2 aromatic carbocycles. The average Bonchev–Trinajstić information content (AvgIpc) is 2.48. The summed E-state index contributed by atoms with van der Waals surface area (Å²) >= 11 is 0. The summed E-state index contributed by atoms with van der Waals surface area (Å²) in [5.41, 5.74) is -0.246. The molecule has 1 atom stereocenters. The van der Waals surface area contributed by atoms with Gasteiger partial charge < -0.3 is 9.05 Å². The molecule has 0 radical (unpaired) electrons. The van der Waals surface area contributed by atoms with Gasteiger partial charge in [0.25, 0.3) is 0 Å². The lowest BCUT2D eigenvalue weighted by atomic mass is 10.0. The van der Waals surface area contributed by atoms with Gasteiger partial charge in [-0.05, 0) is 30.2 Å². The van der Waals surface area contributed by atoms with Crippen molar-refractivity contribution in [2.45, 2.75) is 19.5 Å². The van der Waals surface area contributed by atoms with Crippen LogP contribution in [0.3, 0.4) is 0 Å². The van der Waals surface area contributed by atoms with E-state index in [1.54, 1.807) is 19.9 Å². The molecule has 4 nitrogen and oxygen atoms in total. The van der Waals surface area contributed by atoms with Crippen LogP contribution >= 0.6 is 7.60 Å². The first-order chi connectivity index (χ1) is 10.2. The van der Waals surface area contributed by atoms with Crippen molar-refractivity contribution in [1.29, 1.82) is 5.26 Å². The molecule has 2 rings (SSSR count). The second-order valence-electron chi connectivity index (χ2n) is 4.48. The first-order valence-electron chi connectivity index (χ1n) is 6.92. The maximum atomic E-state index is 12.9. The molecule has 0 saturated heterocycles. The highest BCUT2D eigenvalue weighted by Gasteiger charge is 2.37. The Morgan fingerprint density at radius 2 is 1.71 bits per heavy atom. The predicted molar refractivity (Wildman–Crippen MR) is 83.2 cm³/mol. The van der Waals surface area contributed by atoms with Gasteiger partial charge in [-0.3, -0.25) is 4.57 Å². The van der Waals surface area contributed by atoms with Gasteiger partial charge in [-0.1, -0.05) is 42.5 Å². The first kappa shape index (κ1) is 15.7. The Bertz CT molecular complexity index is 693. The monoisotopic (exact) mass is 303 g/mol. The van der Waals surface area contributed by atoms with E-state index >= 15 is 0 Å². The molecule has 0 spiro atoms. The Labute approximate surface area is 124 Å². The van der Waals surface area contributed by atoms with Crippen LogP contribution in [0, 0.1) is 11.3 Å². The summed E-state index contributed by atoms with van der Waals surface area (Å²) in [6.45, 7) is 3.95. The summed E-state index contributed by atoms with van der Waals surface area (Å²) in [5.74, 6) is 0. The molecule has 0 aliphatic carbocycles. The number of rotatable bonds is 6. The molecular formula is C16H18NO3P. The molecule has 5 heteroatoms. The van der Waals surface area contributed by atoms with Gasteiger partial charge in [0.1, 0.15) is 0 Å². The molecule has 0 saturated carbocycles. The van der Waals surface area contributed by atoms with Crippen molar-refractivity contribution in [3.8, 4) is 6.07 Å². The minimum Gasteiger partial charge on any atom is -0.308 e. The van der Waals surface area contributed by atoms with Crippen LogP contribution in [0.1, 0.15) is 25.1 Å². The molecule has 0 heterocycles. The number of hydrogen-bond acceptors (Lipinski definition) is 4. The fourth-order valence-electron chi connectivity index (χ4n) is 2.35. The SMILES string of the molecule is CCOP(=O)(OCC)C(C#N)c1cccc2ccccc12. The molecule has 110 valence electrons. The maximum Gasteiger partial charge on any atom is 0.352 e. The number of nitrogens with zero attached hydrogens (tertiary/aromatic N) is 1. The van der Waals surface area contributed by atoms with E-state index in [9.17, 15) is 9.83 Å². The molecule has 1 unspecified atom stereocenters. The van der Waals surface area contributed by atoms with Crippen LogP contribution in [0.4, 0.5) is 0 Å². The van der Waals surface area contributed by atoms with Crippen molar-refractivity contribution in [3.05, 3.63) is 48.0 Å². The maximum absolute atomic E-state index is 12.9. The topological polar surface area (TPSA) is 59.3 Å². The van der Waals surface area contributed by atoms with E-state index in [2.05, 4.69) is 6.07 Å². The van der Waals surface area contributed by atoms with E-state index in [1.165, 1.54) is 0 Å². The predicted octanol–water partition coefficient (Wildman–Crippen LogP) is 4.67. The van der Waals surface area contributed by atoms with Gasteiger partial charge in [0.05, 0.1) is 19.3 Å². The number of nitriles is 1. The third kappa shape index (κ3) is 3.16. The molecule has 0 fully saturated rings. The van der Waals surface area contributed by atoms with Gasteiger partial charge in [0.15, 0.2) is 5.66 Å². The van der Waals surface area contributed by atoms with Crippen LogP contribution in [0.5, 0.6) is 0 Å². The Balaban J connectivity index is 2.58. The fourth-order valence-corrected chi connectivity index (χ4v) is 4.15. The smallest absolute Gasteiger partial charge is 0.308 e. The third-order valence-corrected chi connectivity index (χ3v) is 5.44. The molecule has 0 aliphatic heterocycles. The fraction of sp³-hybridized carbons (Fsp3) is 0.312. The summed E-state index contributed by atoms with van der Waals surface area (Å²) in [6.07, 6.45) is 0. The normalized spacial score (nSPS) is 13.0. The van der Waals surface area contributed by atoms with Crippen LogP contribution in [0.15, 0.2) is 42.5 Å². The van der Waals surface area contributed by atoms with E-state index in [0.29, 0.717) is 5.56 Å². The molecule has 0 amide bonds. The van der Waals surface area contributed by atoms with Gasteiger partial charge in [0.2, 0.25) is 0 Å². The van der Waals surface area contributed by atoms with Crippen molar-refractivity contribution in [2.75, 3.05) is 13.2 Å². The van der Waals surface area contributed by atoms with Crippen molar-refractivity contribution in [1.82, 2.24) is 0 Å². The second-order valence-corrected chi connectivity index (χ2v) is 6.59. The Kier molecular flexibility index (Phi) is 5.14. The van der Waals surface area contributed by atoms with Crippen molar-refractivity contribution in [2.24, 2.45) is 0 Å². The van der Waals surface area contributed by atoms with Crippen LogP contribution in [-0.4, -0.2) is 13.2 Å². The molecular weight excluding hydrogens is 285 g/mol. The molecule has 0 aliphatic rings. The van der Waals surface area contributed by atoms with E-state index < -0.39 is 13.3 Å². The highest BCUT2D eigenvalue weighted by molar-refractivity contribution is 7.54. The average molecular weight is 303 g/mol. The quantitative estimate of drug-likeness (QED) is 0.727. The minimum absolute atomic E-state index is 0.236. The molecule has 0 N–H and O–H groups in total. The minimum atomic E-state index is -3.52. The van der Waals surface area contributed by atoms with Crippen molar-refractivity contribution in [3.63, 3.8) is 0 Å². The zero-order valence-electron chi connectivity index (χ0n) is 12.2. The van der Waals surface area contributed by atoms with Crippen LogP contribution in [0.25, 0.3) is 10.8 Å². The zero-order chi connectivity index (χ0) is 15.3. The highest BCUT2D eigenvalue weighted by Crippen LogP contribution is 2.61. The summed E-state index contributed by atoms with van der Waals surface area (Å²) in [5, 5.41) is 11.4. The van der Waals surface area contributed by atoms with E-state index in [4.69, 9.17) is 9.05 Å². The Morgan fingerprint density at radius 1 is 1.10 bits per heavy atom. The lowest BCUT2D eigenvalue weighted by Gasteiger charge is -2.22. The van der Waals surface area contributed by atoms with Crippen LogP contribution in [-0.2, 0) is 13.6 Å². The molecule has 21 heavy (non-hydrogen) atoms. The van der Waals surface area contributed by atoms with Gasteiger partial charge in [0, 0.05) is 0 Å². The van der Waals surface area contributed by atoms with E-state index in [0.717, 1.165) is 10.8 Å². The van der Waals surface area contributed by atoms with Crippen molar-refractivity contribution >= 4 is 18.4 Å². The van der Waals surface area contributed by atoms with Crippen molar-refractivity contribution < 1.29 is 13.6 Å². The van der Waals surface area contributed by atoms with Crippen LogP contribution < -0.4 is 0 Å².